The highest BCUT2D eigenvalue weighted by atomic mass is 15.2. The third-order valence-electron chi connectivity index (χ3n) is 21.4. The SMILES string of the molecule is [2H]c1c([2H])c([2H])c2c(c1[2H])c1cc(CC(C)(C)C)ccc1n2-c1ccc2c(c1)N(c1cc(-c3ccccc3)c(CC(C)(C)C)cc1-c1ccccc1)c1cc(CC(C)(C)C)cc3c1B2c1ccc(-n2c4ccc(CC(C)(C)C)cc4c4c([2H])c([2H])c([2H])c([2H])c42)cc1N3c1cc(-c2ccccc2)c(CC(C)(C)C)cc1-c1ccccc1. The molecule has 0 N–H and O–H groups in total. The van der Waals surface area contributed by atoms with Crippen LogP contribution in [-0.4, -0.2) is 15.8 Å². The highest BCUT2D eigenvalue weighted by Gasteiger charge is 2.46. The van der Waals surface area contributed by atoms with Crippen LogP contribution in [-0.2, 0) is 32.1 Å². The van der Waals surface area contributed by atoms with Gasteiger partial charge in [-0.2, -0.15) is 0 Å². The molecule has 0 amide bonds. The molecule has 0 saturated carbocycles. The van der Waals surface area contributed by atoms with E-state index < -0.39 is 6.71 Å². The summed E-state index contributed by atoms with van der Waals surface area (Å²) in [6.07, 6.45) is 3.80. The standard InChI is InChI=1S/C103H101BN4/c1-99(2,3)62-67-44-50-90-84(52-67)78-40-28-30-42-88(78)105(90)76-46-48-86-94(58-76)107(92-60-80(70-32-20-16-21-33-70)74(65-102(10,11)12)56-82(92)72-36-24-18-25-37-72)96-54-69(64-101(7,8)9)55-97-98(96)104(86)87-49-47-77(106-89-43-31-29-41-79(89)85-53-68(45-51-91(85)106)63-100(4,5)6)59-95(87)108(97)93-61-81(71-34-22-17-23-35-71)75(66-103(13,14)15)57-83(93)73-38-26-19-27-39-73/h16-61H,62-66H2,1-15H3/i28D,29D,30D,31D,40D,41D,42D,43D. The number of hydrogen-bond acceptors (Lipinski definition) is 2. The largest absolute Gasteiger partial charge is 0.311 e. The van der Waals surface area contributed by atoms with Crippen molar-refractivity contribution in [2.75, 3.05) is 9.80 Å². The van der Waals surface area contributed by atoms with Crippen LogP contribution < -0.4 is 26.2 Å². The van der Waals surface area contributed by atoms with E-state index in [1.165, 1.54) is 11.1 Å². The Hall–Kier alpha value is -10.9. The number of rotatable bonds is 13. The number of nitrogens with zero attached hydrogens (tertiary/aromatic N) is 4. The Bertz CT molecular complexity index is 6110. The lowest BCUT2D eigenvalue weighted by Gasteiger charge is -2.46. The van der Waals surface area contributed by atoms with Crippen molar-refractivity contribution in [2.45, 2.75) is 136 Å². The van der Waals surface area contributed by atoms with Crippen LogP contribution in [0.2, 0.25) is 0 Å². The molecule has 4 heterocycles. The van der Waals surface area contributed by atoms with Crippen molar-refractivity contribution >= 4 is 101 Å². The summed E-state index contributed by atoms with van der Waals surface area (Å²) in [5.74, 6) is 0. The highest BCUT2D eigenvalue weighted by Crippen LogP contribution is 2.53. The Morgan fingerprint density at radius 1 is 0.278 bits per heavy atom. The Morgan fingerprint density at radius 2 is 0.620 bits per heavy atom. The fourth-order valence-corrected chi connectivity index (χ4v) is 17.6. The lowest BCUT2D eigenvalue weighted by Crippen LogP contribution is -2.61. The molecule has 0 bridgehead atoms. The van der Waals surface area contributed by atoms with Crippen LogP contribution in [0, 0.1) is 27.1 Å². The van der Waals surface area contributed by atoms with Crippen LogP contribution in [0.4, 0.5) is 34.1 Å². The van der Waals surface area contributed by atoms with Crippen LogP contribution in [0.1, 0.15) is 143 Å². The zero-order chi connectivity index (χ0) is 81.9. The molecule has 536 valence electrons. The van der Waals surface area contributed by atoms with E-state index in [1.807, 2.05) is 0 Å². The summed E-state index contributed by atoms with van der Waals surface area (Å²) < 4.78 is 81.3. The summed E-state index contributed by atoms with van der Waals surface area (Å²) >= 11 is 0. The van der Waals surface area contributed by atoms with E-state index in [4.69, 9.17) is 0 Å². The molecule has 2 aromatic heterocycles. The first-order valence-electron chi connectivity index (χ1n) is 42.6. The topological polar surface area (TPSA) is 16.3 Å². The molecule has 0 aliphatic carbocycles. The maximum Gasteiger partial charge on any atom is 0.252 e. The van der Waals surface area contributed by atoms with Crippen molar-refractivity contribution in [1.29, 1.82) is 0 Å². The highest BCUT2D eigenvalue weighted by molar-refractivity contribution is 7.00. The van der Waals surface area contributed by atoms with Gasteiger partial charge in [-0.1, -0.05) is 286 Å². The lowest BCUT2D eigenvalue weighted by molar-refractivity contribution is 0.411. The van der Waals surface area contributed by atoms with Gasteiger partial charge in [0.1, 0.15) is 0 Å². The van der Waals surface area contributed by atoms with Crippen LogP contribution in [0.5, 0.6) is 0 Å². The summed E-state index contributed by atoms with van der Waals surface area (Å²) in [5.41, 5.74) is 26.5. The normalized spacial score (nSPS) is 14.3. The van der Waals surface area contributed by atoms with Gasteiger partial charge in [-0.15, -0.1) is 0 Å². The molecule has 13 aromatic carbocycles. The molecule has 17 rings (SSSR count). The Morgan fingerprint density at radius 3 is 0.981 bits per heavy atom. The Balaban J connectivity index is 1.06. The van der Waals surface area contributed by atoms with E-state index in [-0.39, 0.29) is 75.4 Å². The first-order chi connectivity index (χ1) is 55.0. The summed E-state index contributed by atoms with van der Waals surface area (Å²) in [5, 5.41) is 2.47. The summed E-state index contributed by atoms with van der Waals surface area (Å²) in [6, 6.07) is 82.9. The smallest absolute Gasteiger partial charge is 0.252 e. The molecule has 0 unspecified atom stereocenters. The summed E-state index contributed by atoms with van der Waals surface area (Å²) in [6.45, 7) is 33.7. The number of anilines is 6. The lowest BCUT2D eigenvalue weighted by atomic mass is 9.33. The molecule has 108 heavy (non-hydrogen) atoms. The number of para-hydroxylation sites is 2. The minimum absolute atomic E-state index is 0.0687. The van der Waals surface area contributed by atoms with Gasteiger partial charge >= 0.3 is 0 Å². The second-order valence-electron chi connectivity index (χ2n) is 36.7. The molecule has 4 nitrogen and oxygen atoms in total. The predicted molar refractivity (Wildman–Crippen MR) is 467 cm³/mol. The molecule has 2 aliphatic rings. The summed E-state index contributed by atoms with van der Waals surface area (Å²) in [7, 11) is 0. The molecule has 0 saturated heterocycles. The van der Waals surface area contributed by atoms with Gasteiger partial charge < -0.3 is 18.9 Å². The molecule has 15 aromatic rings. The van der Waals surface area contributed by atoms with Gasteiger partial charge in [0.2, 0.25) is 0 Å². The van der Waals surface area contributed by atoms with Crippen molar-refractivity contribution in [3.63, 3.8) is 0 Å². The first kappa shape index (κ1) is 61.2. The van der Waals surface area contributed by atoms with Crippen molar-refractivity contribution in [2.24, 2.45) is 27.1 Å². The minimum atomic E-state index is -0.474. The third-order valence-corrected chi connectivity index (χ3v) is 21.4. The van der Waals surface area contributed by atoms with Crippen LogP contribution in [0.15, 0.2) is 279 Å². The Kier molecular flexibility index (Phi) is 15.0. The van der Waals surface area contributed by atoms with Gasteiger partial charge in [0, 0.05) is 66.8 Å². The van der Waals surface area contributed by atoms with E-state index in [2.05, 4.69) is 353 Å². The van der Waals surface area contributed by atoms with Gasteiger partial charge in [0.25, 0.3) is 6.71 Å². The van der Waals surface area contributed by atoms with Gasteiger partial charge in [0.05, 0.1) is 44.4 Å². The fraction of sp³-hybridized carbons (Fsp3) is 0.243. The fourth-order valence-electron chi connectivity index (χ4n) is 17.6. The van der Waals surface area contributed by atoms with Crippen molar-refractivity contribution in [3.8, 4) is 55.9 Å². The number of aromatic nitrogens is 2. The molecule has 0 spiro atoms. The third kappa shape index (κ3) is 13.3. The maximum atomic E-state index is 10.0. The number of benzene rings is 13. The van der Waals surface area contributed by atoms with E-state index in [0.717, 1.165) is 171 Å². The average Bonchev–Trinajstić information content (AvgIpc) is 0.798. The van der Waals surface area contributed by atoms with Crippen molar-refractivity contribution in [3.05, 3.63) is 307 Å². The zero-order valence-electron chi connectivity index (χ0n) is 73.3. The first-order valence-corrected chi connectivity index (χ1v) is 38.6. The molecule has 5 heteroatoms. The van der Waals surface area contributed by atoms with E-state index in [9.17, 15) is 11.0 Å². The van der Waals surface area contributed by atoms with Crippen LogP contribution in [0.3, 0.4) is 0 Å². The van der Waals surface area contributed by atoms with Crippen LogP contribution in [0.25, 0.3) is 99.5 Å². The van der Waals surface area contributed by atoms with Crippen molar-refractivity contribution < 1.29 is 11.0 Å². The molecule has 0 atom stereocenters. The van der Waals surface area contributed by atoms with Gasteiger partial charge in [-0.05, 0) is 234 Å². The zero-order valence-corrected chi connectivity index (χ0v) is 65.3. The maximum absolute atomic E-state index is 10.0. The monoisotopic (exact) mass is 1410 g/mol. The molecule has 0 fully saturated rings. The predicted octanol–water partition coefficient (Wildman–Crippen LogP) is 26.6. The quantitative estimate of drug-likeness (QED) is 0.107. The average molecular weight is 1410 g/mol. The molecular weight excluding hydrogens is 1300 g/mol. The summed E-state index contributed by atoms with van der Waals surface area (Å²) in [4.78, 5) is 5.11. The second kappa shape index (κ2) is 26.5. The van der Waals surface area contributed by atoms with Crippen LogP contribution >= 0.6 is 0 Å². The van der Waals surface area contributed by atoms with Gasteiger partial charge in [-0.3, -0.25) is 0 Å². The Labute approximate surface area is 652 Å². The second-order valence-corrected chi connectivity index (χ2v) is 36.7. The minimum Gasteiger partial charge on any atom is -0.311 e. The molecule has 0 radical (unpaired) electrons. The van der Waals surface area contributed by atoms with Gasteiger partial charge in [-0.25, -0.2) is 0 Å². The molecular formula is C103H101BN4. The number of hydrogen-bond donors (Lipinski definition) is 0. The van der Waals surface area contributed by atoms with E-state index in [1.54, 1.807) is 0 Å². The van der Waals surface area contributed by atoms with Gasteiger partial charge in [0.15, 0.2) is 0 Å². The van der Waals surface area contributed by atoms with E-state index >= 15 is 0 Å². The van der Waals surface area contributed by atoms with E-state index in [0.29, 0.717) is 28.2 Å². The van der Waals surface area contributed by atoms with Crippen molar-refractivity contribution in [1.82, 2.24) is 9.13 Å². The molecule has 2 aliphatic heterocycles. The number of fused-ring (bicyclic) bond motifs is 10.